The van der Waals surface area contributed by atoms with Crippen LogP contribution in [0.4, 0.5) is 0 Å². The number of carbonyl (C=O) groups is 1. The lowest BCUT2D eigenvalue weighted by atomic mass is 9.92. The van der Waals surface area contributed by atoms with E-state index in [1.165, 1.54) is 12.8 Å². The second-order valence-corrected chi connectivity index (χ2v) is 6.57. The fourth-order valence-electron chi connectivity index (χ4n) is 2.60. The van der Waals surface area contributed by atoms with Gasteiger partial charge in [-0.2, -0.15) is 0 Å². The molecule has 21 heavy (non-hydrogen) atoms. The highest BCUT2D eigenvalue weighted by Crippen LogP contribution is 2.41. The van der Waals surface area contributed by atoms with E-state index in [1.807, 2.05) is 0 Å². The van der Waals surface area contributed by atoms with E-state index < -0.39 is 11.5 Å². The molecule has 2 aliphatic rings. The number of hydrogen-bond acceptors (Lipinski definition) is 4. The van der Waals surface area contributed by atoms with Gasteiger partial charge in [0.2, 0.25) is 5.88 Å². The summed E-state index contributed by atoms with van der Waals surface area (Å²) in [5.74, 6) is 0.919. The number of rotatable bonds is 7. The fourth-order valence-corrected chi connectivity index (χ4v) is 2.60. The molecule has 2 saturated carbocycles. The average Bonchev–Trinajstić information content (AvgIpc) is 3.28. The van der Waals surface area contributed by atoms with Crippen LogP contribution in [-0.4, -0.2) is 28.2 Å². The third-order valence-corrected chi connectivity index (χ3v) is 4.36. The predicted molar refractivity (Wildman–Crippen MR) is 78.0 cm³/mol. The molecule has 0 spiro atoms. The second-order valence-electron chi connectivity index (χ2n) is 6.57. The van der Waals surface area contributed by atoms with Crippen LogP contribution in [0.15, 0.2) is 12.1 Å². The van der Waals surface area contributed by atoms with Crippen molar-refractivity contribution >= 4 is 5.91 Å². The fraction of sp³-hybridized carbons (Fsp3) is 0.625. The molecule has 1 amide bonds. The normalized spacial score (nSPS) is 20.9. The molecule has 1 atom stereocenters. The van der Waals surface area contributed by atoms with Crippen LogP contribution in [0, 0.1) is 11.8 Å². The monoisotopic (exact) mass is 290 g/mol. The topological polar surface area (TPSA) is 85.4 Å². The first-order chi connectivity index (χ1) is 9.95. The van der Waals surface area contributed by atoms with Crippen molar-refractivity contribution in [3.63, 3.8) is 0 Å². The minimum Gasteiger partial charge on any atom is -0.477 e. The number of aliphatic hydroxyl groups is 1. The Balaban J connectivity index is 1.79. The van der Waals surface area contributed by atoms with E-state index in [2.05, 4.69) is 4.98 Å². The summed E-state index contributed by atoms with van der Waals surface area (Å²) >= 11 is 0. The van der Waals surface area contributed by atoms with E-state index in [-0.39, 0.29) is 5.92 Å². The van der Waals surface area contributed by atoms with Crippen LogP contribution in [0.2, 0.25) is 0 Å². The Bertz CT molecular complexity index is 548. The molecule has 0 bridgehead atoms. The Labute approximate surface area is 124 Å². The van der Waals surface area contributed by atoms with E-state index in [9.17, 15) is 9.90 Å². The van der Waals surface area contributed by atoms with Crippen LogP contribution in [0.1, 0.15) is 48.7 Å². The van der Waals surface area contributed by atoms with Gasteiger partial charge in [-0.05, 0) is 50.5 Å². The number of ether oxygens (including phenoxy) is 1. The number of aromatic nitrogens is 1. The Kier molecular flexibility index (Phi) is 3.61. The van der Waals surface area contributed by atoms with Gasteiger partial charge in [-0.15, -0.1) is 0 Å². The minimum absolute atomic E-state index is 0.288. The number of hydrogen-bond donors (Lipinski definition) is 2. The van der Waals surface area contributed by atoms with Crippen molar-refractivity contribution in [3.8, 4) is 5.88 Å². The molecule has 1 aromatic heterocycles. The zero-order valence-corrected chi connectivity index (χ0v) is 12.3. The zero-order valence-electron chi connectivity index (χ0n) is 12.3. The summed E-state index contributed by atoms with van der Waals surface area (Å²) in [7, 11) is 0. The Morgan fingerprint density at radius 2 is 2.14 bits per heavy atom. The highest BCUT2D eigenvalue weighted by atomic mass is 16.5. The van der Waals surface area contributed by atoms with Gasteiger partial charge in [0.05, 0.1) is 23.5 Å². The predicted octanol–water partition coefficient (Wildman–Crippen LogP) is 1.67. The number of pyridine rings is 1. The van der Waals surface area contributed by atoms with Gasteiger partial charge in [0, 0.05) is 12.5 Å². The standard InChI is InChI=1S/C16H22N2O3/c1-16(20,11-4-5-11)8-13-12(15(17)19)6-7-14(18-13)21-9-10-2-3-10/h6-7,10-11,20H,2-5,8-9H2,1H3,(H2,17,19)/t16-/m0/s1. The molecule has 0 aliphatic heterocycles. The third-order valence-electron chi connectivity index (χ3n) is 4.36. The van der Waals surface area contributed by atoms with E-state index >= 15 is 0 Å². The average molecular weight is 290 g/mol. The number of carbonyl (C=O) groups excluding carboxylic acids is 1. The van der Waals surface area contributed by atoms with Crippen molar-refractivity contribution in [3.05, 3.63) is 23.4 Å². The molecular formula is C16H22N2O3. The van der Waals surface area contributed by atoms with Gasteiger partial charge in [-0.1, -0.05) is 0 Å². The van der Waals surface area contributed by atoms with Gasteiger partial charge in [-0.3, -0.25) is 4.79 Å². The summed E-state index contributed by atoms with van der Waals surface area (Å²) < 4.78 is 5.65. The van der Waals surface area contributed by atoms with Crippen molar-refractivity contribution in [1.29, 1.82) is 0 Å². The molecule has 1 aromatic rings. The SMILES string of the molecule is C[C@](O)(Cc1nc(OCC2CC2)ccc1C(N)=O)C1CC1. The van der Waals surface area contributed by atoms with Gasteiger partial charge in [0.15, 0.2) is 0 Å². The molecule has 1 heterocycles. The molecule has 5 heteroatoms. The first-order valence-corrected chi connectivity index (χ1v) is 7.60. The van der Waals surface area contributed by atoms with E-state index in [1.54, 1.807) is 19.1 Å². The minimum atomic E-state index is -0.841. The molecule has 5 nitrogen and oxygen atoms in total. The summed E-state index contributed by atoms with van der Waals surface area (Å²) in [6.45, 7) is 2.47. The first-order valence-electron chi connectivity index (χ1n) is 7.60. The lowest BCUT2D eigenvalue weighted by molar-refractivity contribution is 0.0359. The Morgan fingerprint density at radius 1 is 1.43 bits per heavy atom. The molecule has 3 N–H and O–H groups in total. The summed E-state index contributed by atoms with van der Waals surface area (Å²) in [6, 6.07) is 3.33. The van der Waals surface area contributed by atoms with Crippen LogP contribution in [0.5, 0.6) is 5.88 Å². The highest BCUT2D eigenvalue weighted by molar-refractivity contribution is 5.94. The highest BCUT2D eigenvalue weighted by Gasteiger charge is 2.40. The van der Waals surface area contributed by atoms with E-state index in [0.29, 0.717) is 36.1 Å². The molecule has 2 fully saturated rings. The van der Waals surface area contributed by atoms with E-state index in [4.69, 9.17) is 10.5 Å². The first kappa shape index (κ1) is 14.3. The molecule has 0 unspecified atom stereocenters. The Morgan fingerprint density at radius 3 is 2.71 bits per heavy atom. The van der Waals surface area contributed by atoms with Crippen molar-refractivity contribution in [2.24, 2.45) is 17.6 Å². The van der Waals surface area contributed by atoms with Gasteiger partial charge < -0.3 is 15.6 Å². The maximum absolute atomic E-state index is 11.5. The molecule has 0 radical (unpaired) electrons. The molecule has 0 saturated heterocycles. The molecular weight excluding hydrogens is 268 g/mol. The number of primary amides is 1. The van der Waals surface area contributed by atoms with Gasteiger partial charge >= 0.3 is 0 Å². The van der Waals surface area contributed by atoms with E-state index in [0.717, 1.165) is 12.8 Å². The third kappa shape index (κ3) is 3.53. The van der Waals surface area contributed by atoms with Crippen molar-refractivity contribution in [1.82, 2.24) is 4.98 Å². The molecule has 3 rings (SSSR count). The summed E-state index contributed by atoms with van der Waals surface area (Å²) in [5, 5.41) is 10.5. The van der Waals surface area contributed by atoms with Crippen LogP contribution in [-0.2, 0) is 6.42 Å². The van der Waals surface area contributed by atoms with Crippen LogP contribution in [0.3, 0.4) is 0 Å². The maximum atomic E-state index is 11.5. The van der Waals surface area contributed by atoms with Crippen LogP contribution in [0.25, 0.3) is 0 Å². The Hall–Kier alpha value is -1.62. The summed E-state index contributed by atoms with van der Waals surface area (Å²) in [4.78, 5) is 15.9. The largest absolute Gasteiger partial charge is 0.477 e. The molecule has 114 valence electrons. The molecule has 0 aromatic carbocycles. The summed E-state index contributed by atoms with van der Waals surface area (Å²) in [6.07, 6.45) is 4.80. The van der Waals surface area contributed by atoms with Gasteiger partial charge in [-0.25, -0.2) is 4.98 Å². The number of amides is 1. The van der Waals surface area contributed by atoms with Gasteiger partial charge in [0.25, 0.3) is 5.91 Å². The summed E-state index contributed by atoms with van der Waals surface area (Å²) in [5.41, 5.74) is 5.47. The van der Waals surface area contributed by atoms with Crippen LogP contribution < -0.4 is 10.5 Å². The number of nitrogens with two attached hydrogens (primary N) is 1. The van der Waals surface area contributed by atoms with Crippen molar-refractivity contribution in [2.75, 3.05) is 6.61 Å². The van der Waals surface area contributed by atoms with Gasteiger partial charge in [0.1, 0.15) is 0 Å². The quantitative estimate of drug-likeness (QED) is 0.800. The number of nitrogens with zero attached hydrogens (tertiary/aromatic N) is 1. The van der Waals surface area contributed by atoms with Crippen molar-refractivity contribution < 1.29 is 14.6 Å². The zero-order chi connectivity index (χ0) is 15.0. The lowest BCUT2D eigenvalue weighted by Gasteiger charge is -2.23. The lowest BCUT2D eigenvalue weighted by Crippen LogP contribution is -2.31. The molecule has 2 aliphatic carbocycles. The van der Waals surface area contributed by atoms with Crippen LogP contribution >= 0.6 is 0 Å². The smallest absolute Gasteiger partial charge is 0.250 e. The second kappa shape index (κ2) is 5.30. The maximum Gasteiger partial charge on any atom is 0.250 e. The van der Waals surface area contributed by atoms with Crippen molar-refractivity contribution in [2.45, 2.75) is 44.6 Å².